The van der Waals surface area contributed by atoms with E-state index < -0.39 is 0 Å². The maximum absolute atomic E-state index is 12.8. The van der Waals surface area contributed by atoms with E-state index in [1.54, 1.807) is 17.1 Å². The van der Waals surface area contributed by atoms with Gasteiger partial charge in [-0.1, -0.05) is 24.3 Å². The summed E-state index contributed by atoms with van der Waals surface area (Å²) in [5.41, 5.74) is 2.59. The second-order valence-corrected chi connectivity index (χ2v) is 6.42. The number of hydrogen-bond acceptors (Lipinski definition) is 4. The molecule has 1 amide bonds. The molecule has 26 heavy (non-hydrogen) atoms. The zero-order valence-electron chi connectivity index (χ0n) is 14.7. The molecule has 4 rings (SSSR count). The minimum absolute atomic E-state index is 0.0240. The van der Waals surface area contributed by atoms with Crippen LogP contribution in [0.2, 0.25) is 0 Å². The smallest absolute Gasteiger partial charge is 0.274 e. The number of aromatic nitrogens is 3. The van der Waals surface area contributed by atoms with Crippen LogP contribution in [0.1, 0.15) is 16.2 Å². The number of hydrogen-bond donors (Lipinski definition) is 0. The molecule has 0 saturated carbocycles. The topological polar surface area (TPSA) is 54.3 Å². The quantitative estimate of drug-likeness (QED) is 0.731. The van der Waals surface area contributed by atoms with Crippen LogP contribution in [0.3, 0.4) is 0 Å². The van der Waals surface area contributed by atoms with E-state index in [1.165, 1.54) is 5.69 Å². The molecule has 0 N–H and O–H groups in total. The summed E-state index contributed by atoms with van der Waals surface area (Å²) in [7, 11) is 0. The molecular formula is C20H21N5O. The molecule has 0 bridgehead atoms. The fraction of sp³-hybridized carbons (Fsp3) is 0.250. The number of carbonyl (C=O) groups excluding carboxylic acids is 1. The Balaban J connectivity index is 1.43. The molecule has 2 aromatic heterocycles. The number of amides is 1. The van der Waals surface area contributed by atoms with Gasteiger partial charge in [0, 0.05) is 43.8 Å². The van der Waals surface area contributed by atoms with E-state index >= 15 is 0 Å². The summed E-state index contributed by atoms with van der Waals surface area (Å²) < 4.78 is 1.79. The van der Waals surface area contributed by atoms with Crippen molar-refractivity contribution in [3.63, 3.8) is 0 Å². The first-order valence-electron chi connectivity index (χ1n) is 8.78. The average Bonchev–Trinajstić information content (AvgIpc) is 3.18. The average molecular weight is 347 g/mol. The summed E-state index contributed by atoms with van der Waals surface area (Å²) in [5, 5.41) is 0. The molecule has 6 nitrogen and oxygen atoms in total. The second kappa shape index (κ2) is 7.00. The van der Waals surface area contributed by atoms with Gasteiger partial charge in [0.05, 0.1) is 0 Å². The van der Waals surface area contributed by atoms with E-state index in [0.717, 1.165) is 24.6 Å². The molecule has 0 unspecified atom stereocenters. The Morgan fingerprint density at radius 3 is 2.46 bits per heavy atom. The highest BCUT2D eigenvalue weighted by molar-refractivity contribution is 5.92. The zero-order chi connectivity index (χ0) is 17.9. The number of carbonyl (C=O) groups is 1. The van der Waals surface area contributed by atoms with E-state index in [0.29, 0.717) is 18.8 Å². The summed E-state index contributed by atoms with van der Waals surface area (Å²) >= 11 is 0. The summed E-state index contributed by atoms with van der Waals surface area (Å²) in [4.78, 5) is 25.7. The molecule has 3 aromatic rings. The first-order valence-corrected chi connectivity index (χ1v) is 8.78. The van der Waals surface area contributed by atoms with Crippen molar-refractivity contribution in [2.75, 3.05) is 31.1 Å². The van der Waals surface area contributed by atoms with Gasteiger partial charge in [-0.3, -0.25) is 9.36 Å². The summed E-state index contributed by atoms with van der Waals surface area (Å²) in [6.45, 7) is 5.00. The molecule has 3 heterocycles. The van der Waals surface area contributed by atoms with Crippen LogP contribution in [0.15, 0.2) is 61.1 Å². The number of benzene rings is 1. The molecule has 6 heteroatoms. The van der Waals surface area contributed by atoms with Gasteiger partial charge in [0.2, 0.25) is 0 Å². The van der Waals surface area contributed by atoms with Crippen molar-refractivity contribution < 1.29 is 4.79 Å². The third-order valence-electron chi connectivity index (χ3n) is 4.63. The van der Waals surface area contributed by atoms with Gasteiger partial charge in [-0.25, -0.2) is 9.97 Å². The van der Waals surface area contributed by atoms with Crippen LogP contribution in [0.25, 0.3) is 5.82 Å². The number of piperazine rings is 1. The SMILES string of the molecule is Cc1cccc(-n2cnc(C(=O)N3CCN(c4ccccc4)CC3)c2)n1. The van der Waals surface area contributed by atoms with Crippen molar-refractivity contribution >= 4 is 11.6 Å². The molecular weight excluding hydrogens is 326 g/mol. The van der Waals surface area contributed by atoms with Crippen molar-refractivity contribution in [1.29, 1.82) is 0 Å². The van der Waals surface area contributed by atoms with Gasteiger partial charge in [-0.2, -0.15) is 0 Å². The van der Waals surface area contributed by atoms with Crippen LogP contribution >= 0.6 is 0 Å². The Kier molecular flexibility index (Phi) is 4.39. The van der Waals surface area contributed by atoms with E-state index in [4.69, 9.17) is 0 Å². The maximum atomic E-state index is 12.8. The monoisotopic (exact) mass is 347 g/mol. The van der Waals surface area contributed by atoms with Crippen molar-refractivity contribution in [1.82, 2.24) is 19.4 Å². The molecule has 1 fully saturated rings. The highest BCUT2D eigenvalue weighted by Crippen LogP contribution is 2.17. The predicted molar refractivity (Wildman–Crippen MR) is 101 cm³/mol. The Morgan fingerprint density at radius 2 is 1.73 bits per heavy atom. The van der Waals surface area contributed by atoms with Crippen molar-refractivity contribution in [2.24, 2.45) is 0 Å². The Labute approximate surface area is 152 Å². The van der Waals surface area contributed by atoms with Crippen molar-refractivity contribution in [2.45, 2.75) is 6.92 Å². The van der Waals surface area contributed by atoms with Crippen molar-refractivity contribution in [3.8, 4) is 5.82 Å². The van der Waals surface area contributed by atoms with Gasteiger partial charge in [-0.15, -0.1) is 0 Å². The van der Waals surface area contributed by atoms with Gasteiger partial charge in [0.15, 0.2) is 0 Å². The predicted octanol–water partition coefficient (Wildman–Crippen LogP) is 2.54. The third-order valence-corrected chi connectivity index (χ3v) is 4.63. The number of aryl methyl sites for hydroxylation is 1. The van der Waals surface area contributed by atoms with E-state index in [-0.39, 0.29) is 5.91 Å². The molecule has 1 aromatic carbocycles. The molecule has 1 aliphatic heterocycles. The Bertz CT molecular complexity index is 897. The lowest BCUT2D eigenvalue weighted by Crippen LogP contribution is -2.48. The first kappa shape index (κ1) is 16.3. The lowest BCUT2D eigenvalue weighted by Gasteiger charge is -2.35. The zero-order valence-corrected chi connectivity index (χ0v) is 14.7. The van der Waals surface area contributed by atoms with E-state index in [9.17, 15) is 4.79 Å². The molecule has 1 saturated heterocycles. The summed E-state index contributed by atoms with van der Waals surface area (Å²) in [5.74, 6) is 0.745. The number of anilines is 1. The molecule has 0 atom stereocenters. The van der Waals surface area contributed by atoms with Crippen molar-refractivity contribution in [3.05, 3.63) is 72.4 Å². The lowest BCUT2D eigenvalue weighted by atomic mass is 10.2. The van der Waals surface area contributed by atoms with Crippen LogP contribution < -0.4 is 4.90 Å². The second-order valence-electron chi connectivity index (χ2n) is 6.42. The molecule has 0 spiro atoms. The fourth-order valence-corrected chi connectivity index (χ4v) is 3.20. The van der Waals surface area contributed by atoms with Gasteiger partial charge in [0.1, 0.15) is 17.8 Å². The normalized spacial score (nSPS) is 14.5. The number of para-hydroxylation sites is 1. The van der Waals surface area contributed by atoms with Crippen LogP contribution in [0, 0.1) is 6.92 Å². The van der Waals surface area contributed by atoms with Gasteiger partial charge in [0.25, 0.3) is 5.91 Å². The summed E-state index contributed by atoms with van der Waals surface area (Å²) in [6, 6.07) is 16.1. The summed E-state index contributed by atoms with van der Waals surface area (Å²) in [6.07, 6.45) is 3.41. The number of rotatable bonds is 3. The van der Waals surface area contributed by atoms with Gasteiger partial charge >= 0.3 is 0 Å². The number of nitrogens with zero attached hydrogens (tertiary/aromatic N) is 5. The molecule has 0 aliphatic carbocycles. The van der Waals surface area contributed by atoms with Crippen LogP contribution in [-0.2, 0) is 0 Å². The van der Waals surface area contributed by atoms with Gasteiger partial charge in [-0.05, 0) is 31.2 Å². The highest BCUT2D eigenvalue weighted by Gasteiger charge is 2.23. The highest BCUT2D eigenvalue weighted by atomic mass is 16.2. The minimum atomic E-state index is -0.0240. The number of pyridine rings is 1. The third kappa shape index (κ3) is 3.31. The van der Waals surface area contributed by atoms with Crippen LogP contribution in [-0.4, -0.2) is 51.5 Å². The molecule has 132 valence electrons. The van der Waals surface area contributed by atoms with Crippen LogP contribution in [0.4, 0.5) is 5.69 Å². The van der Waals surface area contributed by atoms with Crippen LogP contribution in [0.5, 0.6) is 0 Å². The number of imidazole rings is 1. The first-order chi connectivity index (χ1) is 12.7. The largest absolute Gasteiger partial charge is 0.368 e. The minimum Gasteiger partial charge on any atom is -0.368 e. The van der Waals surface area contributed by atoms with Gasteiger partial charge < -0.3 is 9.80 Å². The molecule has 1 aliphatic rings. The van der Waals surface area contributed by atoms with E-state index in [2.05, 4.69) is 27.0 Å². The Morgan fingerprint density at radius 1 is 0.962 bits per heavy atom. The molecule has 0 radical (unpaired) electrons. The Hall–Kier alpha value is -3.15. The maximum Gasteiger partial charge on any atom is 0.274 e. The standard InChI is InChI=1S/C20H21N5O/c1-16-6-5-9-19(22-16)25-14-18(21-15-25)20(26)24-12-10-23(11-13-24)17-7-3-2-4-8-17/h2-9,14-15H,10-13H2,1H3. The fourth-order valence-electron chi connectivity index (χ4n) is 3.20. The van der Waals surface area contributed by atoms with E-state index in [1.807, 2.05) is 48.2 Å². The lowest BCUT2D eigenvalue weighted by molar-refractivity contribution is 0.0741.